The quantitative estimate of drug-likeness (QED) is 0.285. The molecule has 3 aliphatic rings. The van der Waals surface area contributed by atoms with Crippen LogP contribution in [0, 0.1) is 22.7 Å². The molecule has 32 heavy (non-hydrogen) atoms. The lowest BCUT2D eigenvalue weighted by molar-refractivity contribution is 0.588. The van der Waals surface area contributed by atoms with Crippen molar-refractivity contribution in [2.24, 2.45) is 0 Å². The van der Waals surface area contributed by atoms with Gasteiger partial charge in [-0.05, 0) is 24.3 Å². The Morgan fingerprint density at radius 1 is 0.562 bits per heavy atom. The van der Waals surface area contributed by atoms with Crippen LogP contribution in [0.1, 0.15) is 64.2 Å². The van der Waals surface area contributed by atoms with Gasteiger partial charge in [0, 0.05) is 24.3 Å². The van der Waals surface area contributed by atoms with E-state index in [2.05, 4.69) is 12.1 Å². The summed E-state index contributed by atoms with van der Waals surface area (Å²) in [6.07, 6.45) is 12.0. The molecule has 0 spiro atoms. The molecule has 0 saturated heterocycles. The largest absolute Gasteiger partial charge is 0.198 e. The smallest absolute Gasteiger partial charge is 0.0717 e. The summed E-state index contributed by atoms with van der Waals surface area (Å²) in [5, 5.41) is 17.9. The standard InChI is InChI=1S/C22H28N2S8/c23-11-9-15-27-19-17-25-13-7-5-3-1-2-4-6-8-14-26-18-20(28-16-10-12-24)32-22(30-18)21(29-17)31-19/h1-10,13-16H2/b22-21+. The molecule has 4 bridgehead atoms. The zero-order valence-electron chi connectivity index (χ0n) is 18.1. The Morgan fingerprint density at radius 3 is 1.38 bits per heavy atom. The van der Waals surface area contributed by atoms with E-state index in [0.29, 0.717) is 12.8 Å². The predicted octanol–water partition coefficient (Wildman–Crippen LogP) is 10.2. The first-order valence-electron chi connectivity index (χ1n) is 11.0. The van der Waals surface area contributed by atoms with Gasteiger partial charge in [0.2, 0.25) is 0 Å². The third kappa shape index (κ3) is 9.57. The molecule has 3 rings (SSSR count). The average molecular weight is 577 g/mol. The highest BCUT2D eigenvalue weighted by atomic mass is 32.3. The van der Waals surface area contributed by atoms with Gasteiger partial charge in [-0.1, -0.05) is 85.6 Å². The lowest BCUT2D eigenvalue weighted by Crippen LogP contribution is -1.85. The van der Waals surface area contributed by atoms with Gasteiger partial charge in [0.15, 0.2) is 0 Å². The Bertz CT molecular complexity index is 740. The second kappa shape index (κ2) is 16.6. The molecule has 0 aromatic rings. The van der Waals surface area contributed by atoms with Crippen LogP contribution in [-0.2, 0) is 0 Å². The minimum atomic E-state index is 0.606. The highest BCUT2D eigenvalue weighted by molar-refractivity contribution is 8.45. The molecule has 0 N–H and O–H groups in total. The number of hydrogen-bond donors (Lipinski definition) is 0. The van der Waals surface area contributed by atoms with Gasteiger partial charge in [0.1, 0.15) is 0 Å². The molecule has 174 valence electrons. The van der Waals surface area contributed by atoms with Gasteiger partial charge >= 0.3 is 0 Å². The molecule has 0 aromatic carbocycles. The van der Waals surface area contributed by atoms with Crippen molar-refractivity contribution in [3.63, 3.8) is 0 Å². The van der Waals surface area contributed by atoms with Crippen LogP contribution in [0.15, 0.2) is 25.4 Å². The van der Waals surface area contributed by atoms with Gasteiger partial charge in [-0.2, -0.15) is 10.5 Å². The molecule has 3 heterocycles. The van der Waals surface area contributed by atoms with E-state index in [9.17, 15) is 0 Å². The van der Waals surface area contributed by atoms with Crippen molar-refractivity contribution in [1.29, 1.82) is 10.5 Å². The molecule has 3 aliphatic heterocycles. The van der Waals surface area contributed by atoms with Crippen LogP contribution in [0.25, 0.3) is 0 Å². The van der Waals surface area contributed by atoms with Crippen LogP contribution in [0.2, 0.25) is 0 Å². The Hall–Kier alpha value is 1.000. The summed E-state index contributed by atoms with van der Waals surface area (Å²) < 4.78 is 8.52. The fraction of sp³-hybridized carbons (Fsp3) is 0.636. The van der Waals surface area contributed by atoms with E-state index in [0.717, 1.165) is 11.5 Å². The molecule has 2 nitrogen and oxygen atoms in total. The summed E-state index contributed by atoms with van der Waals surface area (Å²) in [6, 6.07) is 4.57. The van der Waals surface area contributed by atoms with Crippen molar-refractivity contribution in [3.8, 4) is 12.1 Å². The normalized spacial score (nSPS) is 23.6. The van der Waals surface area contributed by atoms with Crippen molar-refractivity contribution in [1.82, 2.24) is 0 Å². The number of fused-ring (bicyclic) bond motifs is 4. The van der Waals surface area contributed by atoms with Gasteiger partial charge in [0.25, 0.3) is 0 Å². The zero-order valence-corrected chi connectivity index (χ0v) is 24.6. The molecule has 0 aromatic heterocycles. The van der Waals surface area contributed by atoms with Crippen molar-refractivity contribution in [2.75, 3.05) is 23.0 Å². The van der Waals surface area contributed by atoms with E-state index in [1.54, 1.807) is 0 Å². The summed E-state index contributed by atoms with van der Waals surface area (Å²) >= 11 is 15.5. The van der Waals surface area contributed by atoms with Gasteiger partial charge in [0.05, 0.1) is 37.6 Å². The molecular weight excluding hydrogens is 549 g/mol. The molecule has 0 fully saturated rings. The maximum Gasteiger partial charge on any atom is 0.0717 e. The summed E-state index contributed by atoms with van der Waals surface area (Å²) in [6.45, 7) is 0. The summed E-state index contributed by atoms with van der Waals surface area (Å²) in [5.41, 5.74) is 0. The Labute approximate surface area is 227 Å². The Morgan fingerprint density at radius 2 is 0.969 bits per heavy atom. The minimum Gasteiger partial charge on any atom is -0.198 e. The topological polar surface area (TPSA) is 47.6 Å². The average Bonchev–Trinajstić information content (AvgIpc) is 3.38. The van der Waals surface area contributed by atoms with Crippen LogP contribution in [0.3, 0.4) is 0 Å². The minimum absolute atomic E-state index is 0.606. The molecule has 0 saturated carbocycles. The first-order valence-corrected chi connectivity index (χ1v) is 18.2. The van der Waals surface area contributed by atoms with Gasteiger partial charge in [-0.3, -0.25) is 0 Å². The molecule has 0 unspecified atom stereocenters. The zero-order chi connectivity index (χ0) is 22.4. The van der Waals surface area contributed by atoms with E-state index in [-0.39, 0.29) is 0 Å². The van der Waals surface area contributed by atoms with Gasteiger partial charge < -0.3 is 0 Å². The highest BCUT2D eigenvalue weighted by Gasteiger charge is 2.30. The SMILES string of the molecule is N#CCCSC1=C2SCCCCCCCCCCSC3=C(SCCC#N)S/C(=C(/S1)S2)S3. The van der Waals surface area contributed by atoms with Crippen LogP contribution in [0.4, 0.5) is 0 Å². The number of thioether (sulfide) groups is 8. The second-order valence-electron chi connectivity index (χ2n) is 7.17. The van der Waals surface area contributed by atoms with Crippen LogP contribution < -0.4 is 0 Å². The van der Waals surface area contributed by atoms with Crippen molar-refractivity contribution < 1.29 is 0 Å². The molecule has 0 atom stereocenters. The van der Waals surface area contributed by atoms with Gasteiger partial charge in [-0.15, -0.1) is 47.0 Å². The third-order valence-corrected chi connectivity index (χ3v) is 16.4. The predicted molar refractivity (Wildman–Crippen MR) is 159 cm³/mol. The van der Waals surface area contributed by atoms with Crippen LogP contribution in [-0.4, -0.2) is 23.0 Å². The van der Waals surface area contributed by atoms with Crippen molar-refractivity contribution in [3.05, 3.63) is 25.4 Å². The summed E-state index contributed by atoms with van der Waals surface area (Å²) in [4.78, 5) is 0. The second-order valence-corrected chi connectivity index (χ2v) is 17.2. The third-order valence-electron chi connectivity index (χ3n) is 4.64. The molecule has 0 aliphatic carbocycles. The van der Waals surface area contributed by atoms with E-state index < -0.39 is 0 Å². The fourth-order valence-electron chi connectivity index (χ4n) is 3.04. The van der Waals surface area contributed by atoms with Crippen molar-refractivity contribution in [2.45, 2.75) is 64.2 Å². The fourth-order valence-corrected chi connectivity index (χ4v) is 15.0. The number of nitrogens with zero attached hydrogens (tertiary/aromatic N) is 2. The van der Waals surface area contributed by atoms with Gasteiger partial charge in [-0.25, -0.2) is 0 Å². The van der Waals surface area contributed by atoms with E-state index in [1.165, 1.54) is 88.3 Å². The first kappa shape index (κ1) is 27.6. The maximum atomic E-state index is 8.95. The molecule has 0 amide bonds. The van der Waals surface area contributed by atoms with Crippen molar-refractivity contribution >= 4 is 94.1 Å². The Kier molecular flexibility index (Phi) is 14.3. The molecular formula is C22H28N2S8. The van der Waals surface area contributed by atoms with E-state index in [1.807, 2.05) is 94.1 Å². The monoisotopic (exact) mass is 576 g/mol. The van der Waals surface area contributed by atoms with E-state index >= 15 is 0 Å². The number of rotatable bonds is 6. The van der Waals surface area contributed by atoms with Crippen LogP contribution >= 0.6 is 94.1 Å². The lowest BCUT2D eigenvalue weighted by atomic mass is 10.1. The Balaban J connectivity index is 1.72. The van der Waals surface area contributed by atoms with E-state index in [4.69, 9.17) is 10.5 Å². The number of hydrogen-bond acceptors (Lipinski definition) is 10. The molecule has 10 heteroatoms. The maximum absolute atomic E-state index is 8.95. The molecule has 0 radical (unpaired) electrons. The summed E-state index contributed by atoms with van der Waals surface area (Å²) in [7, 11) is 0. The number of nitriles is 2. The lowest BCUT2D eigenvalue weighted by Gasteiger charge is -2.06. The highest BCUT2D eigenvalue weighted by Crippen LogP contribution is 2.66. The first-order chi connectivity index (χ1) is 15.8. The summed E-state index contributed by atoms with van der Waals surface area (Å²) in [5.74, 6) is 4.15. The van der Waals surface area contributed by atoms with Crippen LogP contribution in [0.5, 0.6) is 0 Å².